The third-order valence-corrected chi connectivity index (χ3v) is 3.39. The summed E-state index contributed by atoms with van der Waals surface area (Å²) < 4.78 is 11.0. The van der Waals surface area contributed by atoms with E-state index in [2.05, 4.69) is 0 Å². The van der Waals surface area contributed by atoms with Crippen LogP contribution in [0.25, 0.3) is 0 Å². The lowest BCUT2D eigenvalue weighted by atomic mass is 9.77. The van der Waals surface area contributed by atoms with E-state index in [0.717, 1.165) is 5.56 Å². The first-order valence-corrected chi connectivity index (χ1v) is 6.81. The summed E-state index contributed by atoms with van der Waals surface area (Å²) in [6, 6.07) is 15.0. The molecule has 1 unspecified atom stereocenters. The summed E-state index contributed by atoms with van der Waals surface area (Å²) in [6.07, 6.45) is -0.0823. The molecule has 0 fully saturated rings. The van der Waals surface area contributed by atoms with Gasteiger partial charge in [-0.05, 0) is 35.6 Å². The molecule has 0 radical (unpaired) electrons. The van der Waals surface area contributed by atoms with Gasteiger partial charge in [0.25, 0.3) is 0 Å². The van der Waals surface area contributed by atoms with Gasteiger partial charge in [0.05, 0.1) is 19.8 Å². The van der Waals surface area contributed by atoms with Gasteiger partial charge < -0.3 is 19.5 Å². The maximum atomic E-state index is 9.41. The van der Waals surface area contributed by atoms with Crippen molar-refractivity contribution in [3.63, 3.8) is 0 Å². The van der Waals surface area contributed by atoms with Crippen LogP contribution >= 0.6 is 0 Å². The van der Waals surface area contributed by atoms with E-state index in [1.807, 2.05) is 37.3 Å². The third kappa shape index (κ3) is 4.08. The summed E-state index contributed by atoms with van der Waals surface area (Å²) >= 11 is 0. The van der Waals surface area contributed by atoms with Crippen LogP contribution in [-0.4, -0.2) is 24.3 Å². The van der Waals surface area contributed by atoms with Gasteiger partial charge >= 0.3 is 7.12 Å². The second-order valence-electron chi connectivity index (χ2n) is 4.80. The standard InChI is InChI=1S/C16H19BO4/c1-12(13-6-4-3-5-7-13)21-11-14-10-15(20-2)8-9-16(14)17(18)19/h3-10,12,18-19H,11H2,1-2H3. The fourth-order valence-electron chi connectivity index (χ4n) is 2.12. The van der Waals surface area contributed by atoms with E-state index in [0.29, 0.717) is 16.8 Å². The zero-order valence-electron chi connectivity index (χ0n) is 12.2. The molecule has 0 bridgehead atoms. The normalized spacial score (nSPS) is 12.0. The Labute approximate surface area is 125 Å². The van der Waals surface area contributed by atoms with Crippen LogP contribution in [0.3, 0.4) is 0 Å². The lowest BCUT2D eigenvalue weighted by Crippen LogP contribution is -2.33. The van der Waals surface area contributed by atoms with Gasteiger partial charge in [-0.3, -0.25) is 0 Å². The second kappa shape index (κ2) is 7.27. The minimum absolute atomic E-state index is 0.0823. The van der Waals surface area contributed by atoms with E-state index in [4.69, 9.17) is 9.47 Å². The molecule has 0 aliphatic heterocycles. The number of benzene rings is 2. The molecule has 4 nitrogen and oxygen atoms in total. The zero-order chi connectivity index (χ0) is 15.2. The van der Waals surface area contributed by atoms with Crippen LogP contribution in [0, 0.1) is 0 Å². The molecule has 0 spiro atoms. The molecule has 0 aromatic heterocycles. The molecule has 0 aliphatic carbocycles. The fraction of sp³-hybridized carbons (Fsp3) is 0.250. The molecular formula is C16H19BO4. The Morgan fingerprint density at radius 1 is 1.10 bits per heavy atom. The average molecular weight is 286 g/mol. The number of rotatable bonds is 6. The highest BCUT2D eigenvalue weighted by Gasteiger charge is 2.17. The van der Waals surface area contributed by atoms with Crippen molar-refractivity contribution in [3.05, 3.63) is 59.7 Å². The smallest absolute Gasteiger partial charge is 0.488 e. The SMILES string of the molecule is COc1ccc(B(O)O)c(COC(C)c2ccccc2)c1. The Bertz CT molecular complexity index is 572. The van der Waals surface area contributed by atoms with Gasteiger partial charge in [0.1, 0.15) is 5.75 Å². The van der Waals surface area contributed by atoms with Crippen molar-refractivity contribution in [1.29, 1.82) is 0 Å². The summed E-state index contributed by atoms with van der Waals surface area (Å²) in [5.74, 6) is 0.658. The fourth-order valence-corrected chi connectivity index (χ4v) is 2.12. The molecule has 2 N–H and O–H groups in total. The first-order chi connectivity index (χ1) is 10.1. The van der Waals surface area contributed by atoms with E-state index in [1.165, 1.54) is 0 Å². The molecule has 0 amide bonds. The van der Waals surface area contributed by atoms with Crippen LogP contribution < -0.4 is 10.2 Å². The predicted molar refractivity (Wildman–Crippen MR) is 82.5 cm³/mol. The second-order valence-corrected chi connectivity index (χ2v) is 4.80. The minimum atomic E-state index is -1.53. The molecule has 2 rings (SSSR count). The molecule has 0 aliphatic rings. The summed E-state index contributed by atoms with van der Waals surface area (Å²) in [4.78, 5) is 0. The summed E-state index contributed by atoms with van der Waals surface area (Å²) in [5.41, 5.74) is 2.20. The molecule has 5 heteroatoms. The number of ether oxygens (including phenoxy) is 2. The van der Waals surface area contributed by atoms with E-state index in [-0.39, 0.29) is 12.7 Å². The predicted octanol–water partition coefficient (Wildman–Crippen LogP) is 1.65. The minimum Gasteiger partial charge on any atom is -0.497 e. The molecular weight excluding hydrogens is 267 g/mol. The van der Waals surface area contributed by atoms with E-state index in [1.54, 1.807) is 25.3 Å². The molecule has 0 saturated heterocycles. The van der Waals surface area contributed by atoms with Gasteiger partial charge in [-0.15, -0.1) is 0 Å². The van der Waals surface area contributed by atoms with Crippen LogP contribution in [0.2, 0.25) is 0 Å². The Hall–Kier alpha value is -1.82. The first-order valence-electron chi connectivity index (χ1n) is 6.81. The molecule has 0 saturated carbocycles. The zero-order valence-corrected chi connectivity index (χ0v) is 12.2. The average Bonchev–Trinajstić information content (AvgIpc) is 2.52. The van der Waals surface area contributed by atoms with Gasteiger partial charge in [0.15, 0.2) is 0 Å². The van der Waals surface area contributed by atoms with Crippen LogP contribution in [0.1, 0.15) is 24.2 Å². The maximum Gasteiger partial charge on any atom is 0.488 e. The number of hydrogen-bond donors (Lipinski definition) is 2. The van der Waals surface area contributed by atoms with E-state index < -0.39 is 7.12 Å². The van der Waals surface area contributed by atoms with E-state index >= 15 is 0 Å². The monoisotopic (exact) mass is 286 g/mol. The molecule has 0 heterocycles. The van der Waals surface area contributed by atoms with Crippen molar-refractivity contribution in [3.8, 4) is 5.75 Å². The van der Waals surface area contributed by atoms with Gasteiger partial charge in [0, 0.05) is 0 Å². The van der Waals surface area contributed by atoms with Crippen LogP contribution in [-0.2, 0) is 11.3 Å². The Kier molecular flexibility index (Phi) is 5.39. The number of methoxy groups -OCH3 is 1. The van der Waals surface area contributed by atoms with Gasteiger partial charge in [-0.2, -0.15) is 0 Å². The molecule has 21 heavy (non-hydrogen) atoms. The van der Waals surface area contributed by atoms with Crippen LogP contribution in [0.4, 0.5) is 0 Å². The van der Waals surface area contributed by atoms with Crippen molar-refractivity contribution < 1.29 is 19.5 Å². The Balaban J connectivity index is 2.11. The third-order valence-electron chi connectivity index (χ3n) is 3.39. The first kappa shape index (κ1) is 15.6. The highest BCUT2D eigenvalue weighted by molar-refractivity contribution is 6.59. The van der Waals surface area contributed by atoms with Crippen molar-refractivity contribution >= 4 is 12.6 Å². The quantitative estimate of drug-likeness (QED) is 0.793. The largest absolute Gasteiger partial charge is 0.497 e. The summed E-state index contributed by atoms with van der Waals surface area (Å²) in [5, 5.41) is 18.8. The highest BCUT2D eigenvalue weighted by atomic mass is 16.5. The lowest BCUT2D eigenvalue weighted by molar-refractivity contribution is 0.0528. The number of hydrogen-bond acceptors (Lipinski definition) is 4. The van der Waals surface area contributed by atoms with Gasteiger partial charge in [0.2, 0.25) is 0 Å². The molecule has 2 aromatic carbocycles. The van der Waals surface area contributed by atoms with Crippen molar-refractivity contribution in [2.45, 2.75) is 19.6 Å². The molecule has 110 valence electrons. The topological polar surface area (TPSA) is 58.9 Å². The molecule has 1 atom stereocenters. The summed E-state index contributed by atoms with van der Waals surface area (Å²) in [7, 11) is 0.0447. The lowest BCUT2D eigenvalue weighted by Gasteiger charge is -2.16. The van der Waals surface area contributed by atoms with Crippen molar-refractivity contribution in [2.75, 3.05) is 7.11 Å². The molecule has 2 aromatic rings. The Morgan fingerprint density at radius 2 is 1.81 bits per heavy atom. The summed E-state index contributed by atoms with van der Waals surface area (Å²) in [6.45, 7) is 2.24. The van der Waals surface area contributed by atoms with Crippen LogP contribution in [0.15, 0.2) is 48.5 Å². The van der Waals surface area contributed by atoms with Crippen molar-refractivity contribution in [2.24, 2.45) is 0 Å². The van der Waals surface area contributed by atoms with E-state index in [9.17, 15) is 10.0 Å². The van der Waals surface area contributed by atoms with Gasteiger partial charge in [-0.1, -0.05) is 36.4 Å². The van der Waals surface area contributed by atoms with Crippen molar-refractivity contribution in [1.82, 2.24) is 0 Å². The maximum absolute atomic E-state index is 9.41. The van der Waals surface area contributed by atoms with Crippen LogP contribution in [0.5, 0.6) is 5.75 Å². The van der Waals surface area contributed by atoms with Gasteiger partial charge in [-0.25, -0.2) is 0 Å². The highest BCUT2D eigenvalue weighted by Crippen LogP contribution is 2.19. The Morgan fingerprint density at radius 3 is 2.43 bits per heavy atom.